The summed E-state index contributed by atoms with van der Waals surface area (Å²) in [6, 6.07) is 20.1. The van der Waals surface area contributed by atoms with E-state index in [1.165, 1.54) is 24.3 Å². The minimum absolute atomic E-state index is 0.0931. The van der Waals surface area contributed by atoms with Gasteiger partial charge >= 0.3 is 5.97 Å². The lowest BCUT2D eigenvalue weighted by atomic mass is 10.0. The third kappa shape index (κ3) is 3.75. The number of benzene rings is 3. The Kier molecular flexibility index (Phi) is 4.77. The molecule has 0 aliphatic rings. The number of hydrogen-bond acceptors (Lipinski definition) is 3. The summed E-state index contributed by atoms with van der Waals surface area (Å²) in [4.78, 5) is 11.0. The van der Waals surface area contributed by atoms with Gasteiger partial charge in [0.2, 0.25) is 0 Å². The largest absolute Gasteiger partial charge is 0.478 e. The summed E-state index contributed by atoms with van der Waals surface area (Å²) in [5.41, 5.74) is 3.50. The topological polar surface area (TPSA) is 83.5 Å². The molecule has 0 aromatic heterocycles. The number of carboxylic acids is 1. The normalized spacial score (nSPS) is 11.1. The van der Waals surface area contributed by atoms with Crippen molar-refractivity contribution in [2.75, 3.05) is 4.72 Å². The molecule has 0 saturated carbocycles. The number of aryl methyl sites for hydroxylation is 1. The van der Waals surface area contributed by atoms with Crippen molar-refractivity contribution < 1.29 is 18.3 Å². The zero-order chi connectivity index (χ0) is 18.7. The second-order valence-electron chi connectivity index (χ2n) is 5.83. The molecule has 0 aliphatic heterocycles. The number of carboxylic acid groups (broad SMARTS) is 1. The van der Waals surface area contributed by atoms with E-state index in [0.29, 0.717) is 5.69 Å². The standard InChI is InChI=1S/C20H17NO4S/c1-14-4-2-3-5-19(14)15-8-12-18(13-9-15)26(24,25)21-17-10-6-16(7-11-17)20(22)23/h2-13,21H,1H3,(H,22,23). The highest BCUT2D eigenvalue weighted by molar-refractivity contribution is 7.92. The maximum absolute atomic E-state index is 12.5. The zero-order valence-electron chi connectivity index (χ0n) is 14.0. The summed E-state index contributed by atoms with van der Waals surface area (Å²) in [6.07, 6.45) is 0. The molecule has 0 unspecified atom stereocenters. The van der Waals surface area contributed by atoms with E-state index in [-0.39, 0.29) is 10.5 Å². The Labute approximate surface area is 152 Å². The lowest BCUT2D eigenvalue weighted by Gasteiger charge is -2.10. The molecular weight excluding hydrogens is 350 g/mol. The smallest absolute Gasteiger partial charge is 0.335 e. The third-order valence-corrected chi connectivity index (χ3v) is 5.40. The molecule has 0 fully saturated rings. The summed E-state index contributed by atoms with van der Waals surface area (Å²) in [7, 11) is -3.75. The summed E-state index contributed by atoms with van der Waals surface area (Å²) >= 11 is 0. The van der Waals surface area contributed by atoms with Gasteiger partial charge < -0.3 is 5.11 Å². The molecule has 0 spiro atoms. The molecule has 6 heteroatoms. The van der Waals surface area contributed by atoms with Crippen molar-refractivity contribution in [2.24, 2.45) is 0 Å². The second-order valence-corrected chi connectivity index (χ2v) is 7.51. The van der Waals surface area contributed by atoms with Crippen molar-refractivity contribution in [1.29, 1.82) is 0 Å². The van der Waals surface area contributed by atoms with Crippen LogP contribution in [0.1, 0.15) is 15.9 Å². The van der Waals surface area contributed by atoms with Crippen LogP contribution in [-0.2, 0) is 10.0 Å². The first kappa shape index (κ1) is 17.7. The Morgan fingerprint density at radius 2 is 1.50 bits per heavy atom. The van der Waals surface area contributed by atoms with Crippen molar-refractivity contribution in [3.8, 4) is 11.1 Å². The van der Waals surface area contributed by atoms with Gasteiger partial charge in [0.05, 0.1) is 10.5 Å². The molecule has 3 rings (SSSR count). The zero-order valence-corrected chi connectivity index (χ0v) is 14.8. The van der Waals surface area contributed by atoms with Gasteiger partial charge in [-0.2, -0.15) is 0 Å². The molecule has 3 aromatic carbocycles. The molecular formula is C20H17NO4S. The maximum Gasteiger partial charge on any atom is 0.335 e. The molecule has 3 aromatic rings. The van der Waals surface area contributed by atoms with Crippen molar-refractivity contribution in [3.63, 3.8) is 0 Å². The average molecular weight is 367 g/mol. The van der Waals surface area contributed by atoms with Crippen LogP contribution in [0.3, 0.4) is 0 Å². The SMILES string of the molecule is Cc1ccccc1-c1ccc(S(=O)(=O)Nc2ccc(C(=O)O)cc2)cc1. The van der Waals surface area contributed by atoms with Crippen LogP contribution in [0.5, 0.6) is 0 Å². The van der Waals surface area contributed by atoms with Crippen LogP contribution < -0.4 is 4.72 Å². The van der Waals surface area contributed by atoms with Gasteiger partial charge in [-0.15, -0.1) is 0 Å². The number of anilines is 1. The van der Waals surface area contributed by atoms with E-state index < -0.39 is 16.0 Å². The van der Waals surface area contributed by atoms with E-state index in [9.17, 15) is 13.2 Å². The highest BCUT2D eigenvalue weighted by Gasteiger charge is 2.15. The van der Waals surface area contributed by atoms with Crippen LogP contribution in [0.15, 0.2) is 77.7 Å². The summed E-state index contributed by atoms with van der Waals surface area (Å²) < 4.78 is 27.5. The van der Waals surface area contributed by atoms with E-state index in [2.05, 4.69) is 4.72 Å². The molecule has 2 N–H and O–H groups in total. The van der Waals surface area contributed by atoms with Crippen molar-refractivity contribution in [3.05, 3.63) is 83.9 Å². The fourth-order valence-electron chi connectivity index (χ4n) is 2.61. The van der Waals surface area contributed by atoms with Crippen molar-refractivity contribution in [2.45, 2.75) is 11.8 Å². The van der Waals surface area contributed by atoms with E-state index >= 15 is 0 Å². The molecule has 5 nitrogen and oxygen atoms in total. The van der Waals surface area contributed by atoms with Crippen LogP contribution in [0, 0.1) is 6.92 Å². The maximum atomic E-state index is 12.5. The van der Waals surface area contributed by atoms with Crippen LogP contribution in [-0.4, -0.2) is 19.5 Å². The predicted octanol–water partition coefficient (Wildman–Crippen LogP) is 4.16. The number of aromatic carboxylic acids is 1. The van der Waals surface area contributed by atoms with E-state index in [4.69, 9.17) is 5.11 Å². The van der Waals surface area contributed by atoms with Crippen LogP contribution in [0.25, 0.3) is 11.1 Å². The first-order valence-corrected chi connectivity index (χ1v) is 9.37. The fourth-order valence-corrected chi connectivity index (χ4v) is 3.66. The fraction of sp³-hybridized carbons (Fsp3) is 0.0500. The summed E-state index contributed by atoms with van der Waals surface area (Å²) in [5.74, 6) is -1.06. The van der Waals surface area contributed by atoms with Gasteiger partial charge in [-0.1, -0.05) is 36.4 Å². The third-order valence-electron chi connectivity index (χ3n) is 4.00. The molecule has 0 atom stereocenters. The number of hydrogen-bond donors (Lipinski definition) is 2. The van der Waals surface area contributed by atoms with Gasteiger partial charge in [0.1, 0.15) is 0 Å². The number of rotatable bonds is 5. The molecule has 132 valence electrons. The highest BCUT2D eigenvalue weighted by atomic mass is 32.2. The summed E-state index contributed by atoms with van der Waals surface area (Å²) in [5, 5.41) is 8.89. The van der Waals surface area contributed by atoms with E-state index in [1.54, 1.807) is 24.3 Å². The first-order valence-electron chi connectivity index (χ1n) is 7.89. The highest BCUT2D eigenvalue weighted by Crippen LogP contribution is 2.25. The van der Waals surface area contributed by atoms with Gasteiger partial charge in [0.15, 0.2) is 0 Å². The molecule has 0 saturated heterocycles. The monoisotopic (exact) mass is 367 g/mol. The quantitative estimate of drug-likeness (QED) is 0.709. The first-order chi connectivity index (χ1) is 12.4. The summed E-state index contributed by atoms with van der Waals surface area (Å²) in [6.45, 7) is 2.00. The Morgan fingerprint density at radius 3 is 2.08 bits per heavy atom. The Bertz CT molecular complexity index is 1040. The van der Waals surface area contributed by atoms with E-state index in [0.717, 1.165) is 16.7 Å². The molecule has 0 aliphatic carbocycles. The van der Waals surface area contributed by atoms with Gasteiger partial charge in [-0.25, -0.2) is 13.2 Å². The van der Waals surface area contributed by atoms with Crippen LogP contribution in [0.2, 0.25) is 0 Å². The van der Waals surface area contributed by atoms with Crippen molar-refractivity contribution in [1.82, 2.24) is 0 Å². The predicted molar refractivity (Wildman–Crippen MR) is 101 cm³/mol. The molecule has 0 heterocycles. The Balaban J connectivity index is 1.83. The second kappa shape index (κ2) is 7.01. The lowest BCUT2D eigenvalue weighted by Crippen LogP contribution is -2.13. The van der Waals surface area contributed by atoms with Crippen molar-refractivity contribution >= 4 is 21.7 Å². The number of carbonyl (C=O) groups is 1. The van der Waals surface area contributed by atoms with Gasteiger partial charge in [0.25, 0.3) is 10.0 Å². The minimum atomic E-state index is -3.75. The minimum Gasteiger partial charge on any atom is -0.478 e. The molecule has 0 amide bonds. The number of nitrogens with one attached hydrogen (secondary N) is 1. The van der Waals surface area contributed by atoms with Gasteiger partial charge in [0, 0.05) is 5.69 Å². The molecule has 0 bridgehead atoms. The number of sulfonamides is 1. The van der Waals surface area contributed by atoms with E-state index in [1.807, 2.05) is 31.2 Å². The Morgan fingerprint density at radius 1 is 0.885 bits per heavy atom. The molecule has 0 radical (unpaired) electrons. The van der Waals surface area contributed by atoms with Gasteiger partial charge in [-0.3, -0.25) is 4.72 Å². The Hall–Kier alpha value is -3.12. The molecule has 26 heavy (non-hydrogen) atoms. The van der Waals surface area contributed by atoms with Crippen LogP contribution in [0.4, 0.5) is 5.69 Å². The van der Waals surface area contributed by atoms with Crippen LogP contribution >= 0.6 is 0 Å². The lowest BCUT2D eigenvalue weighted by molar-refractivity contribution is 0.0697. The van der Waals surface area contributed by atoms with Gasteiger partial charge in [-0.05, 0) is 60.0 Å². The average Bonchev–Trinajstić information content (AvgIpc) is 2.62.